The van der Waals surface area contributed by atoms with Crippen LogP contribution in [0, 0.1) is 6.92 Å². The van der Waals surface area contributed by atoms with Gasteiger partial charge in [0.05, 0.1) is 11.4 Å². The van der Waals surface area contributed by atoms with Gasteiger partial charge in [0.15, 0.2) is 5.78 Å². The second-order valence-electron chi connectivity index (χ2n) is 2.53. The van der Waals surface area contributed by atoms with Crippen LogP contribution >= 0.6 is 11.6 Å². The van der Waals surface area contributed by atoms with Crippen LogP contribution in [0.2, 0.25) is 0 Å². The number of hydrogen-bond acceptors (Lipinski definition) is 2. The molecule has 0 fully saturated rings. The van der Waals surface area contributed by atoms with Crippen molar-refractivity contribution in [2.45, 2.75) is 6.92 Å². The number of ketones is 1. The number of phenolic OH excluding ortho intramolecular Hbond substituents is 1. The summed E-state index contributed by atoms with van der Waals surface area (Å²) in [6.07, 6.45) is 0. The van der Waals surface area contributed by atoms with E-state index in [1.807, 2.05) is 0 Å². The highest BCUT2D eigenvalue weighted by Crippen LogP contribution is 2.20. The van der Waals surface area contributed by atoms with Gasteiger partial charge in [0.2, 0.25) is 0 Å². The van der Waals surface area contributed by atoms with Gasteiger partial charge in [0, 0.05) is 0 Å². The normalized spacial score (nSPS) is 9.83. The first kappa shape index (κ1) is 9.07. The number of aromatic hydroxyl groups is 1. The summed E-state index contributed by atoms with van der Waals surface area (Å²) in [6, 6.07) is 4.93. The van der Waals surface area contributed by atoms with Crippen molar-refractivity contribution in [3.63, 3.8) is 0 Å². The zero-order valence-electron chi connectivity index (χ0n) is 6.67. The van der Waals surface area contributed by atoms with Gasteiger partial charge in [-0.3, -0.25) is 4.79 Å². The van der Waals surface area contributed by atoms with Crippen molar-refractivity contribution in [1.82, 2.24) is 0 Å². The van der Waals surface area contributed by atoms with Crippen LogP contribution in [-0.2, 0) is 0 Å². The molecule has 0 bridgehead atoms. The molecule has 0 atom stereocenters. The summed E-state index contributed by atoms with van der Waals surface area (Å²) in [4.78, 5) is 11.2. The summed E-state index contributed by atoms with van der Waals surface area (Å²) in [7, 11) is 0. The molecule has 64 valence electrons. The summed E-state index contributed by atoms with van der Waals surface area (Å²) in [6.45, 7) is 1.76. The van der Waals surface area contributed by atoms with Gasteiger partial charge >= 0.3 is 0 Å². The van der Waals surface area contributed by atoms with Gasteiger partial charge in [-0.15, -0.1) is 11.6 Å². The number of halogens is 1. The Morgan fingerprint density at radius 2 is 2.25 bits per heavy atom. The fraction of sp³-hybridized carbons (Fsp3) is 0.222. The fourth-order valence-electron chi connectivity index (χ4n) is 1.08. The Labute approximate surface area is 75.8 Å². The van der Waals surface area contributed by atoms with Gasteiger partial charge in [-0.1, -0.05) is 12.1 Å². The average Bonchev–Trinajstić information content (AvgIpc) is 2.03. The van der Waals surface area contributed by atoms with E-state index in [9.17, 15) is 9.90 Å². The first-order chi connectivity index (χ1) is 5.66. The maximum Gasteiger partial charge on any atom is 0.181 e. The Balaban J connectivity index is 3.21. The molecule has 1 N–H and O–H groups in total. The predicted molar refractivity (Wildman–Crippen MR) is 47.9 cm³/mol. The van der Waals surface area contributed by atoms with Gasteiger partial charge in [0.1, 0.15) is 5.75 Å². The smallest absolute Gasteiger partial charge is 0.181 e. The predicted octanol–water partition coefficient (Wildman–Crippen LogP) is 2.12. The standard InChI is InChI=1S/C9H9ClO2/c1-6-3-2-4-7(11)9(6)8(12)5-10/h2-4,11H,5H2,1H3. The summed E-state index contributed by atoms with van der Waals surface area (Å²) < 4.78 is 0. The van der Waals surface area contributed by atoms with Crippen molar-refractivity contribution < 1.29 is 9.90 Å². The van der Waals surface area contributed by atoms with E-state index in [1.165, 1.54) is 6.07 Å². The molecule has 0 aliphatic carbocycles. The minimum absolute atomic E-state index is 0.000602. The molecule has 0 unspecified atom stereocenters. The lowest BCUT2D eigenvalue weighted by Crippen LogP contribution is -2.02. The molecule has 0 saturated heterocycles. The number of rotatable bonds is 2. The Morgan fingerprint density at radius 1 is 1.58 bits per heavy atom. The lowest BCUT2D eigenvalue weighted by molar-refractivity contribution is 0.101. The van der Waals surface area contributed by atoms with E-state index in [-0.39, 0.29) is 17.4 Å². The molecule has 2 nitrogen and oxygen atoms in total. The van der Waals surface area contributed by atoms with Crippen LogP contribution in [0.15, 0.2) is 18.2 Å². The molecular weight excluding hydrogens is 176 g/mol. The minimum Gasteiger partial charge on any atom is -0.507 e. The van der Waals surface area contributed by atoms with Gasteiger partial charge in [-0.05, 0) is 18.6 Å². The number of alkyl halides is 1. The number of Topliss-reactive ketones (excluding diaryl/α,β-unsaturated/α-hetero) is 1. The van der Waals surface area contributed by atoms with Crippen LogP contribution in [0.1, 0.15) is 15.9 Å². The highest BCUT2D eigenvalue weighted by atomic mass is 35.5. The number of benzene rings is 1. The molecule has 0 radical (unpaired) electrons. The molecule has 0 saturated carbocycles. The highest BCUT2D eigenvalue weighted by molar-refractivity contribution is 6.31. The third-order valence-corrected chi connectivity index (χ3v) is 1.89. The Kier molecular flexibility index (Phi) is 2.71. The fourth-order valence-corrected chi connectivity index (χ4v) is 1.22. The van der Waals surface area contributed by atoms with Gasteiger partial charge in [-0.25, -0.2) is 0 Å². The van der Waals surface area contributed by atoms with E-state index in [0.29, 0.717) is 5.56 Å². The SMILES string of the molecule is Cc1cccc(O)c1C(=O)CCl. The average molecular weight is 185 g/mol. The van der Waals surface area contributed by atoms with E-state index < -0.39 is 0 Å². The monoisotopic (exact) mass is 184 g/mol. The first-order valence-electron chi connectivity index (χ1n) is 3.54. The number of carbonyl (C=O) groups is 1. The van der Waals surface area contributed by atoms with Gasteiger partial charge in [-0.2, -0.15) is 0 Å². The largest absolute Gasteiger partial charge is 0.507 e. The third-order valence-electron chi connectivity index (χ3n) is 1.65. The number of phenols is 1. The Morgan fingerprint density at radius 3 is 2.75 bits per heavy atom. The Bertz CT molecular complexity index is 287. The first-order valence-corrected chi connectivity index (χ1v) is 4.08. The van der Waals surface area contributed by atoms with Crippen molar-refractivity contribution in [3.8, 4) is 5.75 Å². The lowest BCUT2D eigenvalue weighted by atomic mass is 10.0. The van der Waals surface area contributed by atoms with Crippen LogP contribution in [0.4, 0.5) is 0 Å². The van der Waals surface area contributed by atoms with Crippen molar-refractivity contribution in [2.24, 2.45) is 0 Å². The summed E-state index contributed by atoms with van der Waals surface area (Å²) in [5, 5.41) is 9.31. The molecule has 1 aromatic rings. The molecule has 0 heterocycles. The second kappa shape index (κ2) is 3.59. The molecule has 0 amide bonds. The number of carbonyl (C=O) groups excluding carboxylic acids is 1. The lowest BCUT2D eigenvalue weighted by Gasteiger charge is -2.03. The topological polar surface area (TPSA) is 37.3 Å². The number of aryl methyl sites for hydroxylation is 1. The number of hydrogen-bond donors (Lipinski definition) is 1. The van der Waals surface area contributed by atoms with Crippen molar-refractivity contribution in [2.75, 3.05) is 5.88 Å². The van der Waals surface area contributed by atoms with Crippen molar-refractivity contribution in [1.29, 1.82) is 0 Å². The van der Waals surface area contributed by atoms with Gasteiger partial charge in [0.25, 0.3) is 0 Å². The highest BCUT2D eigenvalue weighted by Gasteiger charge is 2.11. The zero-order valence-corrected chi connectivity index (χ0v) is 7.43. The van der Waals surface area contributed by atoms with E-state index in [2.05, 4.69) is 0 Å². The molecular formula is C9H9ClO2. The van der Waals surface area contributed by atoms with Crippen LogP contribution in [0.3, 0.4) is 0 Å². The summed E-state index contributed by atoms with van der Waals surface area (Å²) >= 11 is 5.37. The van der Waals surface area contributed by atoms with E-state index in [4.69, 9.17) is 11.6 Å². The van der Waals surface area contributed by atoms with E-state index >= 15 is 0 Å². The van der Waals surface area contributed by atoms with E-state index in [1.54, 1.807) is 19.1 Å². The molecule has 3 heteroatoms. The van der Waals surface area contributed by atoms with Crippen LogP contribution in [0.5, 0.6) is 5.75 Å². The van der Waals surface area contributed by atoms with Crippen LogP contribution < -0.4 is 0 Å². The van der Waals surface area contributed by atoms with E-state index in [0.717, 1.165) is 5.56 Å². The third kappa shape index (κ3) is 1.59. The second-order valence-corrected chi connectivity index (χ2v) is 2.79. The summed E-state index contributed by atoms with van der Waals surface area (Å²) in [5.41, 5.74) is 1.08. The molecule has 0 spiro atoms. The summed E-state index contributed by atoms with van der Waals surface area (Å²) in [5.74, 6) is -0.341. The van der Waals surface area contributed by atoms with Crippen LogP contribution in [-0.4, -0.2) is 16.8 Å². The quantitative estimate of drug-likeness (QED) is 0.565. The maximum atomic E-state index is 11.2. The van der Waals surface area contributed by atoms with Crippen LogP contribution in [0.25, 0.3) is 0 Å². The molecule has 1 rings (SSSR count). The van der Waals surface area contributed by atoms with Crippen molar-refractivity contribution >= 4 is 17.4 Å². The van der Waals surface area contributed by atoms with Crippen molar-refractivity contribution in [3.05, 3.63) is 29.3 Å². The Hall–Kier alpha value is -1.02. The molecule has 1 aromatic carbocycles. The molecule has 0 aliphatic heterocycles. The zero-order chi connectivity index (χ0) is 9.14. The maximum absolute atomic E-state index is 11.2. The van der Waals surface area contributed by atoms with Gasteiger partial charge < -0.3 is 5.11 Å². The minimum atomic E-state index is -0.243. The molecule has 12 heavy (non-hydrogen) atoms. The molecule has 0 aromatic heterocycles. The molecule has 0 aliphatic rings.